The first kappa shape index (κ1) is 20.9. The lowest BCUT2D eigenvalue weighted by molar-refractivity contribution is 0.0678. The standard InChI is InChI=1S/C28H38S2Si/c1-15-7-8-19-9-10-20-22(21(19)11-15)12-16(2)27(20)31(5,6)28-25-23(13-17(3)29-25)24-14-18(4)30-26(24)28/h12-15,19-22,27-28H,7-11H2,1-6H3. The highest BCUT2D eigenvalue weighted by Gasteiger charge is 2.55. The molecule has 2 fully saturated rings. The highest BCUT2D eigenvalue weighted by Crippen LogP contribution is 2.64. The summed E-state index contributed by atoms with van der Waals surface area (Å²) < 4.78 is 0. The maximum atomic E-state index is 2.81. The summed E-state index contributed by atoms with van der Waals surface area (Å²) in [6, 6.07) is 4.98. The Balaban J connectivity index is 1.40. The lowest BCUT2D eigenvalue weighted by atomic mass is 9.60. The van der Waals surface area contributed by atoms with Crippen LogP contribution in [-0.2, 0) is 0 Å². The largest absolute Gasteiger partial charge is 0.145 e. The quantitative estimate of drug-likeness (QED) is 0.305. The molecule has 2 saturated carbocycles. The van der Waals surface area contributed by atoms with Gasteiger partial charge in [-0.3, -0.25) is 0 Å². The summed E-state index contributed by atoms with van der Waals surface area (Å²) in [5.41, 5.74) is 6.54. The van der Waals surface area contributed by atoms with Crippen LogP contribution < -0.4 is 0 Å². The van der Waals surface area contributed by atoms with E-state index in [4.69, 9.17) is 0 Å². The lowest BCUT2D eigenvalue weighted by Gasteiger charge is -2.49. The zero-order valence-electron chi connectivity index (χ0n) is 20.1. The Kier molecular flexibility index (Phi) is 4.84. The van der Waals surface area contributed by atoms with E-state index in [1.807, 2.05) is 0 Å². The van der Waals surface area contributed by atoms with Crippen molar-refractivity contribution in [3.05, 3.63) is 43.3 Å². The molecule has 4 aliphatic rings. The molecule has 2 aromatic rings. The number of allylic oxidation sites excluding steroid dienone is 2. The summed E-state index contributed by atoms with van der Waals surface area (Å²) in [6.07, 6.45) is 10.3. The maximum absolute atomic E-state index is 2.81. The van der Waals surface area contributed by atoms with Crippen molar-refractivity contribution in [3.63, 3.8) is 0 Å². The molecule has 0 amide bonds. The van der Waals surface area contributed by atoms with Crippen LogP contribution in [0.15, 0.2) is 23.8 Å². The van der Waals surface area contributed by atoms with Crippen molar-refractivity contribution in [1.29, 1.82) is 0 Å². The van der Waals surface area contributed by atoms with Crippen LogP contribution in [0.4, 0.5) is 0 Å². The minimum Gasteiger partial charge on any atom is -0.145 e. The zero-order valence-corrected chi connectivity index (χ0v) is 22.8. The van der Waals surface area contributed by atoms with Crippen LogP contribution in [0.5, 0.6) is 0 Å². The minimum absolute atomic E-state index is 0.713. The van der Waals surface area contributed by atoms with Gasteiger partial charge in [0.1, 0.15) is 0 Å². The van der Waals surface area contributed by atoms with E-state index in [0.29, 0.717) is 5.54 Å². The smallest absolute Gasteiger partial charge is 0.0699 e. The minimum atomic E-state index is -1.61. The number of hydrogen-bond donors (Lipinski definition) is 0. The van der Waals surface area contributed by atoms with Gasteiger partial charge in [0.15, 0.2) is 0 Å². The molecule has 0 aliphatic heterocycles. The summed E-state index contributed by atoms with van der Waals surface area (Å²) in [5, 5.41) is 0. The second-order valence-electron chi connectivity index (χ2n) is 12.1. The Morgan fingerprint density at radius 2 is 1.45 bits per heavy atom. The number of fused-ring (bicyclic) bond motifs is 6. The molecule has 6 unspecified atom stereocenters. The fourth-order valence-corrected chi connectivity index (χ4v) is 17.8. The molecule has 166 valence electrons. The summed E-state index contributed by atoms with van der Waals surface area (Å²) in [5.74, 6) is 4.77. The summed E-state index contributed by atoms with van der Waals surface area (Å²) >= 11 is 4.22. The first-order valence-corrected chi connectivity index (χ1v) is 17.4. The summed E-state index contributed by atoms with van der Waals surface area (Å²) in [6.45, 7) is 15.2. The van der Waals surface area contributed by atoms with Gasteiger partial charge in [-0.25, -0.2) is 0 Å². The Morgan fingerprint density at radius 3 is 2.10 bits per heavy atom. The summed E-state index contributed by atoms with van der Waals surface area (Å²) in [7, 11) is -1.61. The van der Waals surface area contributed by atoms with Crippen molar-refractivity contribution >= 4 is 30.7 Å². The predicted molar refractivity (Wildman–Crippen MR) is 140 cm³/mol. The van der Waals surface area contributed by atoms with E-state index in [-0.39, 0.29) is 0 Å². The van der Waals surface area contributed by atoms with Crippen LogP contribution in [0.2, 0.25) is 18.6 Å². The van der Waals surface area contributed by atoms with Crippen molar-refractivity contribution < 1.29 is 0 Å². The van der Waals surface area contributed by atoms with Gasteiger partial charge in [0.05, 0.1) is 8.07 Å². The van der Waals surface area contributed by atoms with Gasteiger partial charge in [0.25, 0.3) is 0 Å². The van der Waals surface area contributed by atoms with Crippen molar-refractivity contribution in [2.75, 3.05) is 0 Å². The molecular weight excluding hydrogens is 429 g/mol. The van der Waals surface area contributed by atoms with Crippen molar-refractivity contribution in [2.45, 2.75) is 84.0 Å². The monoisotopic (exact) mass is 466 g/mol. The molecule has 4 aliphatic carbocycles. The topological polar surface area (TPSA) is 0 Å². The fraction of sp³-hybridized carbons (Fsp3) is 0.643. The van der Waals surface area contributed by atoms with E-state index in [9.17, 15) is 0 Å². The molecule has 2 aromatic heterocycles. The third kappa shape index (κ3) is 3.02. The number of hydrogen-bond acceptors (Lipinski definition) is 2. The van der Waals surface area contributed by atoms with Gasteiger partial charge in [-0.1, -0.05) is 38.1 Å². The van der Waals surface area contributed by atoms with Crippen molar-refractivity contribution in [1.82, 2.24) is 0 Å². The molecule has 6 rings (SSSR count). The Labute approximate surface area is 198 Å². The number of thiophene rings is 2. The van der Waals surface area contributed by atoms with E-state index >= 15 is 0 Å². The fourth-order valence-electron chi connectivity index (χ4n) is 8.64. The van der Waals surface area contributed by atoms with E-state index in [1.54, 1.807) is 26.5 Å². The average molecular weight is 467 g/mol. The third-order valence-electron chi connectivity index (χ3n) is 9.67. The maximum Gasteiger partial charge on any atom is 0.0699 e. The van der Waals surface area contributed by atoms with Gasteiger partial charge in [0, 0.05) is 25.0 Å². The van der Waals surface area contributed by atoms with Crippen LogP contribution in [0.25, 0.3) is 11.1 Å². The molecular formula is C28H38S2Si. The number of rotatable bonds is 2. The van der Waals surface area contributed by atoms with Gasteiger partial charge < -0.3 is 0 Å². The molecule has 0 radical (unpaired) electrons. The van der Waals surface area contributed by atoms with E-state index < -0.39 is 8.07 Å². The molecule has 0 N–H and O–H groups in total. The molecule has 2 heterocycles. The third-order valence-corrected chi connectivity index (χ3v) is 16.9. The molecule has 0 saturated heterocycles. The second kappa shape index (κ2) is 7.18. The Bertz CT molecular complexity index is 1010. The van der Waals surface area contributed by atoms with Crippen LogP contribution in [0, 0.1) is 43.4 Å². The molecule has 3 heteroatoms. The molecule has 6 atom stereocenters. The van der Waals surface area contributed by atoms with Crippen LogP contribution in [-0.4, -0.2) is 8.07 Å². The van der Waals surface area contributed by atoms with Crippen LogP contribution >= 0.6 is 22.7 Å². The lowest BCUT2D eigenvalue weighted by Crippen LogP contribution is -2.46. The average Bonchev–Trinajstić information content (AvgIpc) is 3.40. The van der Waals surface area contributed by atoms with Crippen LogP contribution in [0.1, 0.15) is 71.0 Å². The molecule has 0 aromatic carbocycles. The van der Waals surface area contributed by atoms with E-state index in [1.165, 1.54) is 41.9 Å². The molecule has 31 heavy (non-hydrogen) atoms. The SMILES string of the molecule is CC1=CC2C3CC(C)CCC3CCC2C1[Si](C)(C)C1c2sc(C)cc2-c2cc(C)sc21. The van der Waals surface area contributed by atoms with Gasteiger partial charge in [-0.05, 0) is 105 Å². The predicted octanol–water partition coefficient (Wildman–Crippen LogP) is 9.20. The zero-order chi connectivity index (χ0) is 21.7. The highest BCUT2D eigenvalue weighted by atomic mass is 32.1. The Morgan fingerprint density at radius 1 is 0.839 bits per heavy atom. The molecule has 0 nitrogen and oxygen atoms in total. The van der Waals surface area contributed by atoms with Gasteiger partial charge in [0.2, 0.25) is 0 Å². The highest BCUT2D eigenvalue weighted by molar-refractivity contribution is 7.16. The van der Waals surface area contributed by atoms with Gasteiger partial charge >= 0.3 is 0 Å². The molecule has 0 bridgehead atoms. The first-order valence-electron chi connectivity index (χ1n) is 12.6. The van der Waals surface area contributed by atoms with Gasteiger partial charge in [-0.2, -0.15) is 0 Å². The Hall–Kier alpha value is -0.643. The van der Waals surface area contributed by atoms with Crippen molar-refractivity contribution in [3.8, 4) is 11.1 Å². The number of aryl methyl sites for hydroxylation is 2. The first-order chi connectivity index (χ1) is 14.8. The summed E-state index contributed by atoms with van der Waals surface area (Å²) in [4.78, 5) is 6.46. The normalized spacial score (nSPS) is 34.8. The van der Waals surface area contributed by atoms with Gasteiger partial charge in [-0.15, -0.1) is 22.7 Å². The van der Waals surface area contributed by atoms with Crippen molar-refractivity contribution in [2.24, 2.45) is 29.6 Å². The van der Waals surface area contributed by atoms with E-state index in [2.05, 4.69) is 81.7 Å². The van der Waals surface area contributed by atoms with Crippen LogP contribution in [0.3, 0.4) is 0 Å². The van der Waals surface area contributed by atoms with E-state index in [0.717, 1.165) is 35.1 Å². The molecule has 0 spiro atoms. The second-order valence-corrected chi connectivity index (χ2v) is 19.5.